The second-order valence-electron chi connectivity index (χ2n) is 3.22. The zero-order valence-electron chi connectivity index (χ0n) is 8.50. The van der Waals surface area contributed by atoms with Gasteiger partial charge in [0.15, 0.2) is 0 Å². The standard InChI is InChI=1S/C10H9BrClN3S/c1-6-5-16-9(15-6)4-14-10-8(12)2-7(11)3-13-10/h2-3,5H,4H2,1H3,(H,13,14). The number of rotatable bonds is 3. The number of nitrogens with zero attached hydrogens (tertiary/aromatic N) is 2. The summed E-state index contributed by atoms with van der Waals surface area (Å²) in [5.74, 6) is 0.678. The van der Waals surface area contributed by atoms with Crippen molar-refractivity contribution in [3.05, 3.63) is 37.8 Å². The van der Waals surface area contributed by atoms with Crippen molar-refractivity contribution in [1.82, 2.24) is 9.97 Å². The highest BCUT2D eigenvalue weighted by atomic mass is 79.9. The van der Waals surface area contributed by atoms with Crippen molar-refractivity contribution in [1.29, 1.82) is 0 Å². The second kappa shape index (κ2) is 5.12. The highest BCUT2D eigenvalue weighted by molar-refractivity contribution is 9.10. The largest absolute Gasteiger partial charge is 0.362 e. The Balaban J connectivity index is 2.04. The Morgan fingerprint density at radius 3 is 3.00 bits per heavy atom. The Morgan fingerprint density at radius 2 is 2.38 bits per heavy atom. The Hall–Kier alpha value is -0.650. The number of thiazole rings is 1. The van der Waals surface area contributed by atoms with Crippen LogP contribution in [0, 0.1) is 6.92 Å². The summed E-state index contributed by atoms with van der Waals surface area (Å²) in [5.41, 5.74) is 1.04. The van der Waals surface area contributed by atoms with E-state index in [0.717, 1.165) is 15.2 Å². The van der Waals surface area contributed by atoms with Gasteiger partial charge in [-0.05, 0) is 28.9 Å². The van der Waals surface area contributed by atoms with E-state index in [1.54, 1.807) is 17.5 Å². The first-order valence-corrected chi connectivity index (χ1v) is 6.66. The van der Waals surface area contributed by atoms with Crippen LogP contribution in [-0.4, -0.2) is 9.97 Å². The molecule has 0 aliphatic carbocycles. The van der Waals surface area contributed by atoms with Gasteiger partial charge in [-0.3, -0.25) is 0 Å². The summed E-state index contributed by atoms with van der Waals surface area (Å²) in [6.45, 7) is 2.62. The summed E-state index contributed by atoms with van der Waals surface area (Å²) in [7, 11) is 0. The summed E-state index contributed by atoms with van der Waals surface area (Å²) in [4.78, 5) is 8.54. The number of nitrogens with one attached hydrogen (secondary N) is 1. The maximum absolute atomic E-state index is 6.03. The lowest BCUT2D eigenvalue weighted by atomic mass is 10.4. The van der Waals surface area contributed by atoms with Gasteiger partial charge in [0.05, 0.1) is 11.6 Å². The number of anilines is 1. The van der Waals surface area contributed by atoms with Gasteiger partial charge in [-0.2, -0.15) is 0 Å². The minimum atomic E-state index is 0.600. The SMILES string of the molecule is Cc1csc(CNc2ncc(Br)cc2Cl)n1. The third-order valence-corrected chi connectivity index (χ3v) is 3.57. The van der Waals surface area contributed by atoms with E-state index in [4.69, 9.17) is 11.6 Å². The molecule has 0 fully saturated rings. The monoisotopic (exact) mass is 317 g/mol. The third kappa shape index (κ3) is 2.93. The van der Waals surface area contributed by atoms with Crippen LogP contribution in [0.25, 0.3) is 0 Å². The first-order chi connectivity index (χ1) is 7.65. The van der Waals surface area contributed by atoms with Crippen LogP contribution >= 0.6 is 38.9 Å². The van der Waals surface area contributed by atoms with E-state index in [0.29, 0.717) is 17.4 Å². The second-order valence-corrected chi connectivity index (χ2v) is 5.49. The molecule has 3 nitrogen and oxygen atoms in total. The number of pyridine rings is 1. The van der Waals surface area contributed by atoms with Gasteiger partial charge in [0.1, 0.15) is 10.8 Å². The van der Waals surface area contributed by atoms with Crippen LogP contribution in [0.3, 0.4) is 0 Å². The van der Waals surface area contributed by atoms with Gasteiger partial charge in [-0.25, -0.2) is 9.97 Å². The van der Waals surface area contributed by atoms with Gasteiger partial charge in [0, 0.05) is 21.7 Å². The number of halogens is 2. The molecule has 0 saturated carbocycles. The van der Waals surface area contributed by atoms with Gasteiger partial charge >= 0.3 is 0 Å². The molecule has 0 spiro atoms. The van der Waals surface area contributed by atoms with Crippen LogP contribution in [0.1, 0.15) is 10.7 Å². The molecule has 1 N–H and O–H groups in total. The Labute approximate surface area is 111 Å². The summed E-state index contributed by atoms with van der Waals surface area (Å²) in [5, 5.41) is 6.80. The van der Waals surface area contributed by atoms with Crippen LogP contribution in [-0.2, 0) is 6.54 Å². The topological polar surface area (TPSA) is 37.8 Å². The number of hydrogen-bond acceptors (Lipinski definition) is 4. The van der Waals surface area contributed by atoms with E-state index in [1.165, 1.54) is 0 Å². The fourth-order valence-electron chi connectivity index (χ4n) is 1.19. The number of hydrogen-bond donors (Lipinski definition) is 1. The smallest absolute Gasteiger partial charge is 0.145 e. The van der Waals surface area contributed by atoms with Crippen molar-refractivity contribution in [3.8, 4) is 0 Å². The van der Waals surface area contributed by atoms with Crippen LogP contribution in [0.4, 0.5) is 5.82 Å². The first-order valence-electron chi connectivity index (χ1n) is 4.61. The van der Waals surface area contributed by atoms with Crippen molar-refractivity contribution in [2.45, 2.75) is 13.5 Å². The normalized spacial score (nSPS) is 10.4. The van der Waals surface area contributed by atoms with Crippen molar-refractivity contribution < 1.29 is 0 Å². The fourth-order valence-corrected chi connectivity index (χ4v) is 2.60. The molecule has 0 unspecified atom stereocenters. The lowest BCUT2D eigenvalue weighted by Gasteiger charge is -2.05. The van der Waals surface area contributed by atoms with Crippen molar-refractivity contribution in [2.75, 3.05) is 5.32 Å². The predicted octanol–water partition coefficient (Wildman–Crippen LogP) is 3.87. The average Bonchev–Trinajstić information content (AvgIpc) is 2.63. The van der Waals surface area contributed by atoms with Gasteiger partial charge in [-0.15, -0.1) is 11.3 Å². The first kappa shape index (κ1) is 11.8. The molecule has 2 aromatic rings. The average molecular weight is 319 g/mol. The highest BCUT2D eigenvalue weighted by Crippen LogP contribution is 2.23. The molecule has 16 heavy (non-hydrogen) atoms. The van der Waals surface area contributed by atoms with Gasteiger partial charge in [0.25, 0.3) is 0 Å². The third-order valence-electron chi connectivity index (χ3n) is 1.88. The fraction of sp³-hybridized carbons (Fsp3) is 0.200. The molecule has 2 heterocycles. The van der Waals surface area contributed by atoms with Crippen molar-refractivity contribution in [3.63, 3.8) is 0 Å². The molecule has 0 bridgehead atoms. The van der Waals surface area contributed by atoms with E-state index >= 15 is 0 Å². The Kier molecular flexibility index (Phi) is 3.78. The molecule has 0 aromatic carbocycles. The molecule has 0 amide bonds. The molecule has 0 aliphatic rings. The molecule has 6 heteroatoms. The number of aryl methyl sites for hydroxylation is 1. The van der Waals surface area contributed by atoms with E-state index in [-0.39, 0.29) is 0 Å². The summed E-state index contributed by atoms with van der Waals surface area (Å²) in [6.07, 6.45) is 1.71. The highest BCUT2D eigenvalue weighted by Gasteiger charge is 2.03. The van der Waals surface area contributed by atoms with E-state index in [2.05, 4.69) is 31.2 Å². The molecular weight excluding hydrogens is 310 g/mol. The minimum absolute atomic E-state index is 0.600. The zero-order chi connectivity index (χ0) is 11.5. The lowest BCUT2D eigenvalue weighted by Crippen LogP contribution is -2.01. The van der Waals surface area contributed by atoms with Crippen LogP contribution < -0.4 is 5.32 Å². The van der Waals surface area contributed by atoms with Crippen LogP contribution in [0.15, 0.2) is 22.1 Å². The molecule has 84 valence electrons. The van der Waals surface area contributed by atoms with Crippen LogP contribution in [0.2, 0.25) is 5.02 Å². The van der Waals surface area contributed by atoms with Crippen molar-refractivity contribution >= 4 is 44.7 Å². The van der Waals surface area contributed by atoms with E-state index in [1.807, 2.05) is 18.4 Å². The van der Waals surface area contributed by atoms with Gasteiger partial charge < -0.3 is 5.32 Å². The molecule has 0 atom stereocenters. The van der Waals surface area contributed by atoms with Crippen LogP contribution in [0.5, 0.6) is 0 Å². The quantitative estimate of drug-likeness (QED) is 0.933. The van der Waals surface area contributed by atoms with E-state index < -0.39 is 0 Å². The molecule has 0 aliphatic heterocycles. The van der Waals surface area contributed by atoms with Gasteiger partial charge in [0.2, 0.25) is 0 Å². The Morgan fingerprint density at radius 1 is 1.56 bits per heavy atom. The molecule has 0 saturated heterocycles. The summed E-state index contributed by atoms with van der Waals surface area (Å²) >= 11 is 11.0. The lowest BCUT2D eigenvalue weighted by molar-refractivity contribution is 1.06. The van der Waals surface area contributed by atoms with E-state index in [9.17, 15) is 0 Å². The predicted molar refractivity (Wildman–Crippen MR) is 71.1 cm³/mol. The zero-order valence-corrected chi connectivity index (χ0v) is 11.7. The maximum atomic E-state index is 6.03. The van der Waals surface area contributed by atoms with Crippen molar-refractivity contribution in [2.24, 2.45) is 0 Å². The summed E-state index contributed by atoms with van der Waals surface area (Å²) in [6, 6.07) is 1.81. The maximum Gasteiger partial charge on any atom is 0.145 e. The number of aromatic nitrogens is 2. The molecular formula is C10H9BrClN3S. The molecule has 2 rings (SSSR count). The Bertz CT molecular complexity index is 501. The molecule has 2 aromatic heterocycles. The van der Waals surface area contributed by atoms with Gasteiger partial charge in [-0.1, -0.05) is 11.6 Å². The molecule has 0 radical (unpaired) electrons. The summed E-state index contributed by atoms with van der Waals surface area (Å²) < 4.78 is 0.869. The minimum Gasteiger partial charge on any atom is -0.362 e.